The molecule has 6 N–H and O–H groups in total. The van der Waals surface area contributed by atoms with E-state index in [1.165, 1.54) is 0 Å². The summed E-state index contributed by atoms with van der Waals surface area (Å²) in [5.41, 5.74) is 5.73. The van der Waals surface area contributed by atoms with Gasteiger partial charge in [-0.3, -0.25) is 0 Å². The first kappa shape index (κ1) is 20.8. The van der Waals surface area contributed by atoms with Crippen molar-refractivity contribution in [3.05, 3.63) is 64.6 Å². The SMILES string of the molecule is CC(C)C(C(=O)O)N(Cc1ccc(-c2ccccc2/C(=N/N)NN)cc1)N=O. The lowest BCUT2D eigenvalue weighted by molar-refractivity contribution is -0.145. The molecule has 0 amide bonds. The number of rotatable bonds is 8. The Morgan fingerprint density at radius 1 is 1.18 bits per heavy atom. The number of hydrazone groups is 1. The Bertz CT molecular complexity index is 851. The quantitative estimate of drug-likeness (QED) is 0.179. The summed E-state index contributed by atoms with van der Waals surface area (Å²) in [5.74, 6) is 9.86. The van der Waals surface area contributed by atoms with E-state index in [-0.39, 0.29) is 12.5 Å². The van der Waals surface area contributed by atoms with Crippen molar-refractivity contribution < 1.29 is 9.90 Å². The lowest BCUT2D eigenvalue weighted by Crippen LogP contribution is -2.41. The second kappa shape index (κ2) is 9.47. The van der Waals surface area contributed by atoms with Crippen molar-refractivity contribution in [1.29, 1.82) is 0 Å². The standard InChI is InChI=1S/C19H24N6O3/c1-12(2)17(19(26)27)25(24-28)11-13-7-9-14(10-8-13)15-5-3-4-6-16(15)18(22-20)23-21/h3-10,12,17H,11,20-21H2,1-2H3,(H,22,23)(H,26,27). The molecule has 0 saturated heterocycles. The van der Waals surface area contributed by atoms with E-state index < -0.39 is 12.0 Å². The molecule has 0 fully saturated rings. The normalized spacial score (nSPS) is 12.5. The first-order valence-corrected chi connectivity index (χ1v) is 8.68. The summed E-state index contributed by atoms with van der Waals surface area (Å²) >= 11 is 0. The molecule has 2 aromatic carbocycles. The van der Waals surface area contributed by atoms with Crippen molar-refractivity contribution in [3.8, 4) is 11.1 Å². The number of nitroso groups, excluding NO2 is 1. The number of aliphatic carboxylic acids is 1. The lowest BCUT2D eigenvalue weighted by Gasteiger charge is -2.25. The second-order valence-corrected chi connectivity index (χ2v) is 6.57. The Kier molecular flexibility index (Phi) is 7.05. The highest BCUT2D eigenvalue weighted by Gasteiger charge is 2.29. The first-order chi connectivity index (χ1) is 13.4. The number of nitrogens with zero attached hydrogens (tertiary/aromatic N) is 3. The van der Waals surface area contributed by atoms with Gasteiger partial charge in [-0.15, -0.1) is 4.91 Å². The summed E-state index contributed by atoms with van der Waals surface area (Å²) in [4.78, 5) is 22.7. The van der Waals surface area contributed by atoms with Crippen LogP contribution >= 0.6 is 0 Å². The molecule has 9 nitrogen and oxygen atoms in total. The molecular weight excluding hydrogens is 360 g/mol. The lowest BCUT2D eigenvalue weighted by atomic mass is 9.97. The second-order valence-electron chi connectivity index (χ2n) is 6.57. The van der Waals surface area contributed by atoms with Gasteiger partial charge >= 0.3 is 5.97 Å². The fourth-order valence-electron chi connectivity index (χ4n) is 3.04. The number of carbonyl (C=O) groups is 1. The predicted molar refractivity (Wildman–Crippen MR) is 108 cm³/mol. The van der Waals surface area contributed by atoms with E-state index in [1.54, 1.807) is 13.8 Å². The molecule has 0 heterocycles. The zero-order chi connectivity index (χ0) is 20.7. The molecule has 9 heteroatoms. The summed E-state index contributed by atoms with van der Waals surface area (Å²) in [6.07, 6.45) is 0. The number of amidine groups is 1. The van der Waals surface area contributed by atoms with Gasteiger partial charge in [0.05, 0.1) is 11.8 Å². The van der Waals surface area contributed by atoms with Gasteiger partial charge in [0.2, 0.25) is 0 Å². The molecule has 0 aromatic heterocycles. The zero-order valence-corrected chi connectivity index (χ0v) is 15.7. The van der Waals surface area contributed by atoms with Crippen LogP contribution in [0.1, 0.15) is 25.0 Å². The van der Waals surface area contributed by atoms with Gasteiger partial charge < -0.3 is 16.4 Å². The molecule has 148 valence electrons. The van der Waals surface area contributed by atoms with E-state index in [0.29, 0.717) is 5.84 Å². The van der Waals surface area contributed by atoms with Crippen molar-refractivity contribution in [2.45, 2.75) is 26.4 Å². The van der Waals surface area contributed by atoms with Crippen molar-refractivity contribution in [2.24, 2.45) is 28.0 Å². The van der Waals surface area contributed by atoms with Crippen LogP contribution in [0.2, 0.25) is 0 Å². The maximum absolute atomic E-state index is 11.5. The fourth-order valence-corrected chi connectivity index (χ4v) is 3.04. The first-order valence-electron chi connectivity index (χ1n) is 8.68. The molecule has 0 radical (unpaired) electrons. The van der Waals surface area contributed by atoms with Crippen LogP contribution in [-0.2, 0) is 11.3 Å². The molecule has 28 heavy (non-hydrogen) atoms. The molecule has 2 rings (SSSR count). The maximum atomic E-state index is 11.5. The molecule has 0 saturated carbocycles. The van der Waals surface area contributed by atoms with Crippen LogP contribution in [0.15, 0.2) is 58.9 Å². The summed E-state index contributed by atoms with van der Waals surface area (Å²) in [7, 11) is 0. The third-order valence-electron chi connectivity index (χ3n) is 4.37. The molecule has 0 aliphatic rings. The number of hydrogen-bond acceptors (Lipinski definition) is 6. The van der Waals surface area contributed by atoms with Crippen LogP contribution in [-0.4, -0.2) is 28.0 Å². The fraction of sp³-hybridized carbons (Fsp3) is 0.263. The smallest absolute Gasteiger partial charge is 0.328 e. The number of nitrogens with two attached hydrogens (primary N) is 2. The van der Waals surface area contributed by atoms with Crippen LogP contribution in [0.3, 0.4) is 0 Å². The molecule has 2 aromatic rings. The largest absolute Gasteiger partial charge is 0.480 e. The van der Waals surface area contributed by atoms with Crippen LogP contribution in [0, 0.1) is 10.8 Å². The molecule has 1 unspecified atom stereocenters. The predicted octanol–water partition coefficient (Wildman–Crippen LogP) is 2.03. The van der Waals surface area contributed by atoms with Gasteiger partial charge in [-0.05, 0) is 22.6 Å². The highest BCUT2D eigenvalue weighted by atomic mass is 16.4. The van der Waals surface area contributed by atoms with E-state index >= 15 is 0 Å². The highest BCUT2D eigenvalue weighted by molar-refractivity contribution is 6.04. The average Bonchev–Trinajstić information content (AvgIpc) is 2.69. The van der Waals surface area contributed by atoms with Gasteiger partial charge in [0.15, 0.2) is 5.84 Å². The zero-order valence-electron chi connectivity index (χ0n) is 15.7. The highest BCUT2D eigenvalue weighted by Crippen LogP contribution is 2.25. The minimum absolute atomic E-state index is 0.0977. The minimum atomic E-state index is -1.08. The third kappa shape index (κ3) is 4.63. The Balaban J connectivity index is 2.30. The van der Waals surface area contributed by atoms with Gasteiger partial charge in [0, 0.05) is 5.56 Å². The average molecular weight is 384 g/mol. The molecule has 0 aliphatic heterocycles. The molecule has 0 spiro atoms. The van der Waals surface area contributed by atoms with E-state index in [9.17, 15) is 14.8 Å². The van der Waals surface area contributed by atoms with E-state index in [0.717, 1.165) is 27.3 Å². The summed E-state index contributed by atoms with van der Waals surface area (Å²) in [6.45, 7) is 3.57. The maximum Gasteiger partial charge on any atom is 0.328 e. The summed E-state index contributed by atoms with van der Waals surface area (Å²) in [5, 5.41) is 17.0. The Morgan fingerprint density at radius 2 is 1.82 bits per heavy atom. The van der Waals surface area contributed by atoms with Crippen LogP contribution in [0.5, 0.6) is 0 Å². The molecule has 0 bridgehead atoms. The van der Waals surface area contributed by atoms with E-state index in [1.807, 2.05) is 48.5 Å². The number of benzene rings is 2. The van der Waals surface area contributed by atoms with Gasteiger partial charge in [-0.25, -0.2) is 15.6 Å². The number of carboxylic acids is 1. The van der Waals surface area contributed by atoms with Crippen molar-refractivity contribution in [1.82, 2.24) is 10.4 Å². The van der Waals surface area contributed by atoms with Gasteiger partial charge in [0.1, 0.15) is 6.04 Å². The third-order valence-corrected chi connectivity index (χ3v) is 4.37. The van der Waals surface area contributed by atoms with E-state index in [2.05, 4.69) is 15.8 Å². The van der Waals surface area contributed by atoms with Crippen LogP contribution in [0.25, 0.3) is 11.1 Å². The number of hydrogen-bond donors (Lipinski definition) is 4. The topological polar surface area (TPSA) is 146 Å². The van der Waals surface area contributed by atoms with Crippen molar-refractivity contribution >= 4 is 11.8 Å². The monoisotopic (exact) mass is 384 g/mol. The molecule has 0 aliphatic carbocycles. The Labute approximate surface area is 162 Å². The Hall–Kier alpha value is -3.46. The van der Waals surface area contributed by atoms with Crippen molar-refractivity contribution in [2.75, 3.05) is 0 Å². The van der Waals surface area contributed by atoms with Crippen LogP contribution in [0.4, 0.5) is 0 Å². The van der Waals surface area contributed by atoms with Gasteiger partial charge in [-0.2, -0.15) is 5.10 Å². The number of hydrazine groups is 1. The molecule has 1 atom stereocenters. The summed E-state index contributed by atoms with van der Waals surface area (Å²) < 4.78 is 0. The van der Waals surface area contributed by atoms with Gasteiger partial charge in [-0.1, -0.05) is 62.4 Å². The Morgan fingerprint density at radius 3 is 2.32 bits per heavy atom. The van der Waals surface area contributed by atoms with Gasteiger partial charge in [0.25, 0.3) is 0 Å². The molecular formula is C19H24N6O3. The summed E-state index contributed by atoms with van der Waals surface area (Å²) in [6, 6.07) is 13.9. The minimum Gasteiger partial charge on any atom is -0.480 e. The number of nitrogens with one attached hydrogen (secondary N) is 1. The number of carboxylic acid groups (broad SMARTS) is 1. The van der Waals surface area contributed by atoms with E-state index in [4.69, 9.17) is 11.7 Å². The van der Waals surface area contributed by atoms with Crippen molar-refractivity contribution in [3.63, 3.8) is 0 Å². The van der Waals surface area contributed by atoms with Crippen LogP contribution < -0.4 is 17.1 Å².